The minimum atomic E-state index is -0.530. The van der Waals surface area contributed by atoms with Crippen LogP contribution in [0.3, 0.4) is 0 Å². The summed E-state index contributed by atoms with van der Waals surface area (Å²) in [5, 5.41) is 0. The Labute approximate surface area is 97.5 Å². The molecule has 2 heterocycles. The average Bonchev–Trinajstić information content (AvgIpc) is 2.64. The first-order valence-electron chi connectivity index (χ1n) is 5.94. The average molecular weight is 223 g/mol. The van der Waals surface area contributed by atoms with E-state index in [1.165, 1.54) is 0 Å². The van der Waals surface area contributed by atoms with Gasteiger partial charge in [-0.15, -0.1) is 0 Å². The van der Waals surface area contributed by atoms with Crippen molar-refractivity contribution in [3.8, 4) is 0 Å². The third kappa shape index (κ3) is 1.34. The number of hydrogen-bond acceptors (Lipinski definition) is 3. The van der Waals surface area contributed by atoms with Crippen molar-refractivity contribution in [1.29, 1.82) is 0 Å². The van der Waals surface area contributed by atoms with Gasteiger partial charge in [-0.1, -0.05) is 27.4 Å². The predicted molar refractivity (Wildman–Crippen MR) is 62.8 cm³/mol. The van der Waals surface area contributed by atoms with Crippen molar-refractivity contribution >= 4 is 5.97 Å². The van der Waals surface area contributed by atoms with Gasteiger partial charge in [-0.2, -0.15) is 0 Å². The molecule has 0 saturated carbocycles. The van der Waals surface area contributed by atoms with Crippen LogP contribution in [0.1, 0.15) is 40.5 Å². The lowest BCUT2D eigenvalue weighted by Gasteiger charge is -2.35. The standard InChI is InChI=1S/C13H21NO2/c1-9(2)13-7-6-8-14(13)10(12(3,4)5)16-11(13)15/h10H,1,6-8H2,2-5H3/t10-,13-/m1/s1. The molecule has 2 fully saturated rings. The Bertz CT molecular complexity index is 342. The van der Waals surface area contributed by atoms with Gasteiger partial charge in [0.1, 0.15) is 5.54 Å². The van der Waals surface area contributed by atoms with E-state index < -0.39 is 5.54 Å². The van der Waals surface area contributed by atoms with Crippen molar-refractivity contribution in [2.24, 2.45) is 5.41 Å². The highest BCUT2D eigenvalue weighted by Crippen LogP contribution is 2.46. The number of fused-ring (bicyclic) bond motifs is 1. The Morgan fingerprint density at radius 1 is 1.56 bits per heavy atom. The van der Waals surface area contributed by atoms with Gasteiger partial charge in [-0.25, -0.2) is 9.69 Å². The highest BCUT2D eigenvalue weighted by molar-refractivity contribution is 5.87. The second-order valence-electron chi connectivity index (χ2n) is 6.06. The summed E-state index contributed by atoms with van der Waals surface area (Å²) in [6.07, 6.45) is 1.79. The lowest BCUT2D eigenvalue weighted by Crippen LogP contribution is -2.49. The molecule has 0 aliphatic carbocycles. The highest BCUT2D eigenvalue weighted by atomic mass is 16.6. The maximum Gasteiger partial charge on any atom is 0.332 e. The van der Waals surface area contributed by atoms with Crippen LogP contribution in [0.25, 0.3) is 0 Å². The van der Waals surface area contributed by atoms with Gasteiger partial charge < -0.3 is 4.74 Å². The molecule has 3 nitrogen and oxygen atoms in total. The first-order chi connectivity index (χ1) is 7.30. The number of hydrogen-bond donors (Lipinski definition) is 0. The lowest BCUT2D eigenvalue weighted by atomic mass is 9.87. The Kier molecular flexibility index (Phi) is 2.42. The van der Waals surface area contributed by atoms with Crippen LogP contribution in [0.5, 0.6) is 0 Å². The molecule has 0 spiro atoms. The fourth-order valence-electron chi connectivity index (χ4n) is 2.92. The topological polar surface area (TPSA) is 29.5 Å². The van der Waals surface area contributed by atoms with Gasteiger partial charge in [0, 0.05) is 12.0 Å². The first-order valence-corrected chi connectivity index (χ1v) is 5.94. The minimum Gasteiger partial charge on any atom is -0.444 e. The molecule has 2 aliphatic rings. The smallest absolute Gasteiger partial charge is 0.332 e. The van der Waals surface area contributed by atoms with Crippen LogP contribution in [-0.4, -0.2) is 29.2 Å². The molecule has 2 rings (SSSR count). The van der Waals surface area contributed by atoms with E-state index in [1.807, 2.05) is 6.92 Å². The van der Waals surface area contributed by atoms with Crippen molar-refractivity contribution in [3.63, 3.8) is 0 Å². The van der Waals surface area contributed by atoms with Crippen molar-refractivity contribution in [2.45, 2.75) is 52.3 Å². The second-order valence-corrected chi connectivity index (χ2v) is 6.06. The highest BCUT2D eigenvalue weighted by Gasteiger charge is 2.60. The Balaban J connectivity index is 2.41. The molecule has 2 aliphatic heterocycles. The molecule has 3 heteroatoms. The van der Waals surface area contributed by atoms with Crippen LogP contribution >= 0.6 is 0 Å². The summed E-state index contributed by atoms with van der Waals surface area (Å²) >= 11 is 0. The quantitative estimate of drug-likeness (QED) is 0.505. The van der Waals surface area contributed by atoms with E-state index in [9.17, 15) is 4.79 Å². The van der Waals surface area contributed by atoms with E-state index in [2.05, 4.69) is 32.3 Å². The molecule has 16 heavy (non-hydrogen) atoms. The van der Waals surface area contributed by atoms with E-state index in [0.717, 1.165) is 25.0 Å². The van der Waals surface area contributed by atoms with Gasteiger partial charge in [0.2, 0.25) is 0 Å². The van der Waals surface area contributed by atoms with E-state index in [-0.39, 0.29) is 17.6 Å². The predicted octanol–water partition coefficient (Wildman–Crippen LogP) is 2.33. The van der Waals surface area contributed by atoms with E-state index >= 15 is 0 Å². The van der Waals surface area contributed by atoms with Crippen molar-refractivity contribution in [1.82, 2.24) is 4.90 Å². The minimum absolute atomic E-state index is 0.0444. The number of cyclic esters (lactones) is 1. The SMILES string of the molecule is C=C(C)[C@@]12CCCN1[C@@H](C(C)(C)C)OC2=O. The Morgan fingerprint density at radius 2 is 2.19 bits per heavy atom. The third-order valence-electron chi connectivity index (χ3n) is 3.71. The van der Waals surface area contributed by atoms with Gasteiger partial charge >= 0.3 is 5.97 Å². The molecule has 0 bridgehead atoms. The number of esters is 1. The third-order valence-corrected chi connectivity index (χ3v) is 3.71. The fourth-order valence-corrected chi connectivity index (χ4v) is 2.92. The molecule has 0 aromatic carbocycles. The molecule has 0 N–H and O–H groups in total. The summed E-state index contributed by atoms with van der Waals surface area (Å²) in [6, 6.07) is 0. The van der Waals surface area contributed by atoms with Gasteiger partial charge in [0.25, 0.3) is 0 Å². The molecule has 0 unspecified atom stereocenters. The van der Waals surface area contributed by atoms with Crippen LogP contribution in [0.4, 0.5) is 0 Å². The summed E-state index contributed by atoms with van der Waals surface area (Å²) in [5.41, 5.74) is 0.344. The Hall–Kier alpha value is -0.830. The monoisotopic (exact) mass is 223 g/mol. The first kappa shape index (κ1) is 11.6. The summed E-state index contributed by atoms with van der Waals surface area (Å²) in [7, 11) is 0. The summed E-state index contributed by atoms with van der Waals surface area (Å²) in [6.45, 7) is 13.2. The maximum atomic E-state index is 12.2. The van der Waals surface area contributed by atoms with E-state index in [0.29, 0.717) is 0 Å². The Morgan fingerprint density at radius 3 is 2.69 bits per heavy atom. The normalized spacial score (nSPS) is 35.0. The molecule has 2 atom stereocenters. The van der Waals surface area contributed by atoms with Gasteiger partial charge in [0.15, 0.2) is 6.23 Å². The van der Waals surface area contributed by atoms with E-state index in [1.54, 1.807) is 0 Å². The summed E-state index contributed by atoms with van der Waals surface area (Å²) in [5.74, 6) is -0.0996. The number of carbonyl (C=O) groups is 1. The number of carbonyl (C=O) groups excluding carboxylic acids is 1. The zero-order valence-electron chi connectivity index (χ0n) is 10.7. The maximum absolute atomic E-state index is 12.2. The molecule has 0 amide bonds. The molecule has 0 aromatic heterocycles. The van der Waals surface area contributed by atoms with Crippen LogP contribution < -0.4 is 0 Å². The van der Waals surface area contributed by atoms with Gasteiger partial charge in [-0.3, -0.25) is 0 Å². The zero-order valence-corrected chi connectivity index (χ0v) is 10.7. The largest absolute Gasteiger partial charge is 0.444 e. The number of rotatable bonds is 1. The summed E-state index contributed by atoms with van der Waals surface area (Å²) < 4.78 is 5.58. The van der Waals surface area contributed by atoms with Gasteiger partial charge in [-0.05, 0) is 25.3 Å². The molecule has 0 radical (unpaired) electrons. The molecule has 90 valence electrons. The van der Waals surface area contributed by atoms with E-state index in [4.69, 9.17) is 4.74 Å². The van der Waals surface area contributed by atoms with Crippen molar-refractivity contribution < 1.29 is 9.53 Å². The molecule has 2 saturated heterocycles. The van der Waals surface area contributed by atoms with Crippen molar-refractivity contribution in [2.75, 3.05) is 6.54 Å². The second kappa shape index (κ2) is 3.33. The van der Waals surface area contributed by atoms with Crippen LogP contribution in [-0.2, 0) is 9.53 Å². The number of nitrogens with zero attached hydrogens (tertiary/aromatic N) is 1. The van der Waals surface area contributed by atoms with Gasteiger partial charge in [0.05, 0.1) is 0 Å². The molecule has 0 aromatic rings. The fraction of sp³-hybridized carbons (Fsp3) is 0.769. The van der Waals surface area contributed by atoms with Crippen LogP contribution in [0.2, 0.25) is 0 Å². The molecular formula is C13H21NO2. The number of ether oxygens (including phenoxy) is 1. The van der Waals surface area contributed by atoms with Crippen LogP contribution in [0.15, 0.2) is 12.2 Å². The summed E-state index contributed by atoms with van der Waals surface area (Å²) in [4.78, 5) is 14.4. The molecular weight excluding hydrogens is 202 g/mol. The zero-order chi connectivity index (χ0) is 12.1. The van der Waals surface area contributed by atoms with Crippen LogP contribution in [0, 0.1) is 5.41 Å². The lowest BCUT2D eigenvalue weighted by molar-refractivity contribution is -0.149. The van der Waals surface area contributed by atoms with Crippen molar-refractivity contribution in [3.05, 3.63) is 12.2 Å².